The lowest BCUT2D eigenvalue weighted by Crippen LogP contribution is -2.19. The van der Waals surface area contributed by atoms with Crippen LogP contribution in [0.2, 0.25) is 0 Å². The van der Waals surface area contributed by atoms with E-state index in [0.717, 1.165) is 12.3 Å². The molecule has 0 aliphatic carbocycles. The van der Waals surface area contributed by atoms with Crippen molar-refractivity contribution in [2.45, 2.75) is 19.0 Å². The monoisotopic (exact) mass is 218 g/mol. The van der Waals surface area contributed by atoms with E-state index in [4.69, 9.17) is 5.73 Å². The number of pyridine rings is 1. The number of carbonyl (C=O) groups is 1. The van der Waals surface area contributed by atoms with Gasteiger partial charge in [-0.3, -0.25) is 9.78 Å². The van der Waals surface area contributed by atoms with Crippen molar-refractivity contribution in [3.8, 4) is 0 Å². The van der Waals surface area contributed by atoms with E-state index < -0.39 is 23.7 Å². The summed E-state index contributed by atoms with van der Waals surface area (Å²) in [4.78, 5) is 14.0. The van der Waals surface area contributed by atoms with Gasteiger partial charge in [-0.2, -0.15) is 13.2 Å². The van der Waals surface area contributed by atoms with Gasteiger partial charge in [-0.05, 0) is 18.6 Å². The highest BCUT2D eigenvalue weighted by atomic mass is 19.4. The predicted molar refractivity (Wildman–Crippen MR) is 46.8 cm³/mol. The van der Waals surface area contributed by atoms with E-state index in [2.05, 4.69) is 4.98 Å². The minimum Gasteiger partial charge on any atom is -0.369 e. The van der Waals surface area contributed by atoms with Gasteiger partial charge in [0.1, 0.15) is 5.69 Å². The van der Waals surface area contributed by atoms with Crippen molar-refractivity contribution in [1.82, 2.24) is 4.98 Å². The molecule has 1 aromatic rings. The number of halogens is 3. The summed E-state index contributed by atoms with van der Waals surface area (Å²) in [6.07, 6.45) is -3.45. The Balaban J connectivity index is 2.95. The molecule has 0 radical (unpaired) electrons. The number of nitrogens with zero attached hydrogens (tertiary/aromatic N) is 1. The highest BCUT2D eigenvalue weighted by Crippen LogP contribution is 2.28. The number of carbonyl (C=O) groups excluding carboxylic acids is 1. The fourth-order valence-electron chi connectivity index (χ4n) is 0.993. The number of hydrogen-bond donors (Lipinski definition) is 1. The Morgan fingerprint density at radius 2 is 2.07 bits per heavy atom. The van der Waals surface area contributed by atoms with Gasteiger partial charge in [-0.15, -0.1) is 0 Å². The lowest BCUT2D eigenvalue weighted by Gasteiger charge is -2.09. The molecule has 1 heterocycles. The van der Waals surface area contributed by atoms with Gasteiger partial charge in [0.05, 0.1) is 5.92 Å². The molecule has 3 nitrogen and oxygen atoms in total. The third kappa shape index (κ3) is 2.68. The average molecular weight is 218 g/mol. The molecule has 15 heavy (non-hydrogen) atoms. The van der Waals surface area contributed by atoms with Gasteiger partial charge in [-0.1, -0.05) is 6.07 Å². The minimum atomic E-state index is -4.46. The lowest BCUT2D eigenvalue weighted by molar-refractivity contribution is -0.141. The van der Waals surface area contributed by atoms with Gasteiger partial charge in [0.15, 0.2) is 0 Å². The molecule has 1 rings (SSSR count). The van der Waals surface area contributed by atoms with Gasteiger partial charge in [0.25, 0.3) is 0 Å². The molecule has 6 heteroatoms. The number of nitrogens with two attached hydrogens (primary N) is 1. The zero-order valence-corrected chi connectivity index (χ0v) is 7.88. The van der Waals surface area contributed by atoms with Gasteiger partial charge in [-0.25, -0.2) is 0 Å². The molecular formula is C9H9F3N2O. The molecule has 1 aromatic heterocycles. The second kappa shape index (κ2) is 3.88. The fourth-order valence-corrected chi connectivity index (χ4v) is 0.993. The molecule has 0 spiro atoms. The minimum absolute atomic E-state index is 0.371. The number of hydrogen-bond acceptors (Lipinski definition) is 2. The smallest absolute Gasteiger partial charge is 0.369 e. The molecule has 0 aliphatic rings. The number of alkyl halides is 3. The molecule has 1 unspecified atom stereocenters. The third-order valence-corrected chi connectivity index (χ3v) is 2.00. The van der Waals surface area contributed by atoms with E-state index in [1.807, 2.05) is 0 Å². The molecule has 0 saturated heterocycles. The Bertz CT molecular complexity index is 359. The summed E-state index contributed by atoms with van der Waals surface area (Å²) < 4.78 is 36.4. The van der Waals surface area contributed by atoms with E-state index >= 15 is 0 Å². The summed E-state index contributed by atoms with van der Waals surface area (Å²) in [6, 6.07) is 2.03. The third-order valence-electron chi connectivity index (χ3n) is 2.00. The van der Waals surface area contributed by atoms with Crippen molar-refractivity contribution in [3.63, 3.8) is 0 Å². The van der Waals surface area contributed by atoms with Crippen LogP contribution < -0.4 is 5.73 Å². The van der Waals surface area contributed by atoms with Crippen molar-refractivity contribution >= 4 is 5.91 Å². The normalized spacial score (nSPS) is 13.6. The summed E-state index contributed by atoms with van der Waals surface area (Å²) >= 11 is 0. The standard InChI is InChI=1S/C9H9F3N2O/c1-5(8(13)15)6-2-3-7(14-4-6)9(10,11)12/h2-5H,1H3,(H2,13,15). The van der Waals surface area contributed by atoms with Gasteiger partial charge < -0.3 is 5.73 Å². The molecule has 0 aromatic carbocycles. The topological polar surface area (TPSA) is 56.0 Å². The van der Waals surface area contributed by atoms with E-state index in [1.165, 1.54) is 13.0 Å². The van der Waals surface area contributed by atoms with Crippen LogP contribution in [-0.2, 0) is 11.0 Å². The van der Waals surface area contributed by atoms with Crippen molar-refractivity contribution in [2.75, 3.05) is 0 Å². The van der Waals surface area contributed by atoms with Crippen LogP contribution in [0.3, 0.4) is 0 Å². The first-order valence-corrected chi connectivity index (χ1v) is 4.15. The lowest BCUT2D eigenvalue weighted by atomic mass is 10.0. The van der Waals surface area contributed by atoms with Crippen LogP contribution in [0, 0.1) is 0 Å². The zero-order valence-electron chi connectivity index (χ0n) is 7.88. The van der Waals surface area contributed by atoms with E-state index in [1.54, 1.807) is 0 Å². The number of primary amides is 1. The number of aromatic nitrogens is 1. The van der Waals surface area contributed by atoms with Crippen molar-refractivity contribution < 1.29 is 18.0 Å². The predicted octanol–water partition coefficient (Wildman–Crippen LogP) is 1.69. The van der Waals surface area contributed by atoms with Crippen LogP contribution in [0.5, 0.6) is 0 Å². The largest absolute Gasteiger partial charge is 0.433 e. The Morgan fingerprint density at radius 1 is 1.47 bits per heavy atom. The van der Waals surface area contributed by atoms with Crippen LogP contribution in [-0.4, -0.2) is 10.9 Å². The first kappa shape index (κ1) is 11.5. The molecule has 82 valence electrons. The van der Waals surface area contributed by atoms with Crippen LogP contribution in [0.15, 0.2) is 18.3 Å². The summed E-state index contributed by atoms with van der Waals surface area (Å²) in [5, 5.41) is 0. The maximum atomic E-state index is 12.1. The maximum absolute atomic E-state index is 12.1. The second-order valence-electron chi connectivity index (χ2n) is 3.10. The average Bonchev–Trinajstić information content (AvgIpc) is 2.15. The SMILES string of the molecule is CC(C(N)=O)c1ccc(C(F)(F)F)nc1. The molecule has 0 aliphatic heterocycles. The van der Waals surface area contributed by atoms with Crippen LogP contribution in [0.25, 0.3) is 0 Å². The Morgan fingerprint density at radius 3 is 2.40 bits per heavy atom. The van der Waals surface area contributed by atoms with Crippen molar-refractivity contribution in [2.24, 2.45) is 5.73 Å². The number of amides is 1. The summed E-state index contributed by atoms with van der Waals surface area (Å²) in [7, 11) is 0. The van der Waals surface area contributed by atoms with Gasteiger partial charge in [0.2, 0.25) is 5.91 Å². The first-order valence-electron chi connectivity index (χ1n) is 4.15. The van der Waals surface area contributed by atoms with Crippen LogP contribution in [0.4, 0.5) is 13.2 Å². The molecule has 1 amide bonds. The van der Waals surface area contributed by atoms with Crippen LogP contribution in [0.1, 0.15) is 24.1 Å². The molecule has 0 bridgehead atoms. The highest BCUT2D eigenvalue weighted by molar-refractivity contribution is 5.81. The Labute approximate surface area is 84.1 Å². The zero-order chi connectivity index (χ0) is 11.6. The van der Waals surface area contributed by atoms with Crippen molar-refractivity contribution in [1.29, 1.82) is 0 Å². The molecular weight excluding hydrogens is 209 g/mol. The quantitative estimate of drug-likeness (QED) is 0.821. The second-order valence-corrected chi connectivity index (χ2v) is 3.10. The summed E-state index contributed by atoms with van der Waals surface area (Å²) in [5.74, 6) is -1.24. The van der Waals surface area contributed by atoms with Gasteiger partial charge >= 0.3 is 6.18 Å². The summed E-state index contributed by atoms with van der Waals surface area (Å²) in [5.41, 5.74) is 4.39. The van der Waals surface area contributed by atoms with E-state index in [-0.39, 0.29) is 0 Å². The van der Waals surface area contributed by atoms with E-state index in [0.29, 0.717) is 5.56 Å². The maximum Gasteiger partial charge on any atom is 0.433 e. The first-order chi connectivity index (χ1) is 6.82. The van der Waals surface area contributed by atoms with Crippen molar-refractivity contribution in [3.05, 3.63) is 29.6 Å². The Hall–Kier alpha value is -1.59. The molecule has 2 N–H and O–H groups in total. The van der Waals surface area contributed by atoms with Gasteiger partial charge in [0, 0.05) is 6.20 Å². The van der Waals surface area contributed by atoms with Crippen LogP contribution >= 0.6 is 0 Å². The fraction of sp³-hybridized carbons (Fsp3) is 0.333. The van der Waals surface area contributed by atoms with E-state index in [9.17, 15) is 18.0 Å². The molecule has 0 fully saturated rings. The summed E-state index contributed by atoms with van der Waals surface area (Å²) in [6.45, 7) is 1.51. The molecule has 1 atom stereocenters. The molecule has 0 saturated carbocycles. The Kier molecular flexibility index (Phi) is 2.97. The highest BCUT2D eigenvalue weighted by Gasteiger charge is 2.32. The number of rotatable bonds is 2.